The number of imidazole rings is 1. The van der Waals surface area contributed by atoms with E-state index in [1.165, 1.54) is 0 Å². The zero-order valence-corrected chi connectivity index (χ0v) is 23.6. The predicted octanol–water partition coefficient (Wildman–Crippen LogP) is 10.9. The van der Waals surface area contributed by atoms with Crippen molar-refractivity contribution in [1.29, 1.82) is 0 Å². The summed E-state index contributed by atoms with van der Waals surface area (Å²) in [5.74, 6) is 1.01. The van der Waals surface area contributed by atoms with Crippen LogP contribution in [0, 0.1) is 0 Å². The van der Waals surface area contributed by atoms with E-state index < -0.39 is 6.04 Å². The molecule has 8 rings (SSSR count). The van der Waals surface area contributed by atoms with Crippen LogP contribution in [0.1, 0.15) is 19.6 Å². The molecule has 1 aromatic heterocycles. The van der Waals surface area contributed by atoms with Crippen molar-refractivity contribution >= 4 is 32.6 Å². The van der Waals surface area contributed by atoms with E-state index in [0.717, 1.165) is 72.8 Å². The van der Waals surface area contributed by atoms with Crippen LogP contribution < -0.4 is 0 Å². The number of aryl methyl sites for hydroxylation is 1. The third-order valence-electron chi connectivity index (χ3n) is 8.24. The Balaban J connectivity index is 1.41. The molecule has 0 saturated heterocycles. The first-order chi connectivity index (χ1) is 23.4. The zero-order valence-electron chi connectivity index (χ0n) is 28.6. The fraction of sp³-hybridized carbons (Fsp3) is 0.0488. The van der Waals surface area contributed by atoms with Crippen LogP contribution in [-0.4, -0.2) is 9.55 Å². The van der Waals surface area contributed by atoms with Crippen molar-refractivity contribution in [3.8, 4) is 39.1 Å². The monoisotopic (exact) mass is 555 g/mol. The lowest BCUT2D eigenvalue weighted by atomic mass is 9.85. The number of hydrogen-bond acceptors (Lipinski definition) is 1. The minimum Gasteiger partial charge on any atom is -0.296 e. The number of hydrogen-bond donors (Lipinski definition) is 0. The smallest absolute Gasteiger partial charge is 0.114 e. The molecule has 2 nitrogen and oxygen atoms in total. The molecule has 0 aliphatic rings. The van der Waals surface area contributed by atoms with Gasteiger partial charge in [-0.3, -0.25) is 4.57 Å². The van der Waals surface area contributed by atoms with Gasteiger partial charge >= 0.3 is 0 Å². The molecule has 0 atom stereocenters. The summed E-state index contributed by atoms with van der Waals surface area (Å²) in [5, 5.41) is 4.13. The largest absolute Gasteiger partial charge is 0.296 e. The first kappa shape index (κ1) is 20.4. The molecule has 0 saturated carbocycles. The molecule has 0 N–H and O–H groups in total. The molecule has 0 radical (unpaired) electrons. The SMILES string of the molecule is [2H]c1c([2H])c([2H])c(-c2ccc3c(-c4ccc(-n5c(CC)nc6ccccc65)cc4)c4ccccc4c(-c4ccccc4)c3c2)c([2H])c1[2H]. The summed E-state index contributed by atoms with van der Waals surface area (Å²) >= 11 is 0. The molecule has 0 fully saturated rings. The summed E-state index contributed by atoms with van der Waals surface area (Å²) in [6.45, 7) is 2.12. The summed E-state index contributed by atoms with van der Waals surface area (Å²) in [6, 6.07) is 39.8. The van der Waals surface area contributed by atoms with Crippen LogP contribution in [0.5, 0.6) is 0 Å². The summed E-state index contributed by atoms with van der Waals surface area (Å²) in [6.07, 6.45) is 0.809. The normalized spacial score (nSPS) is 13.1. The molecule has 43 heavy (non-hydrogen) atoms. The van der Waals surface area contributed by atoms with Crippen molar-refractivity contribution in [3.05, 3.63) is 157 Å². The average molecular weight is 556 g/mol. The standard InChI is InChI=1S/C41H30N2/c1-2-39-42-37-19-11-12-20-38(37)43(39)32-24-21-30(22-25-32)40-33-17-9-10-18-34(33)41(29-15-7-4-8-16-29)36-27-31(23-26-35(36)40)28-13-5-3-6-14-28/h3-27H,2H2,1H3/i3D,5D,6D,13D,14D. The second-order valence-corrected chi connectivity index (χ2v) is 10.7. The Bertz CT molecular complexity index is 2510. The fourth-order valence-corrected chi connectivity index (χ4v) is 6.33. The summed E-state index contributed by atoms with van der Waals surface area (Å²) < 4.78 is 44.3. The topological polar surface area (TPSA) is 17.8 Å². The molecule has 1 heterocycles. The van der Waals surface area contributed by atoms with Crippen molar-refractivity contribution in [1.82, 2.24) is 9.55 Å². The molecular weight excluding hydrogens is 520 g/mol. The Labute approximate surface area is 258 Å². The van der Waals surface area contributed by atoms with Gasteiger partial charge in [-0.1, -0.05) is 128 Å². The van der Waals surface area contributed by atoms with Gasteiger partial charge in [0, 0.05) is 12.1 Å². The summed E-state index contributed by atoms with van der Waals surface area (Å²) in [4.78, 5) is 4.87. The fourth-order valence-electron chi connectivity index (χ4n) is 6.33. The second kappa shape index (κ2) is 10.4. The van der Waals surface area contributed by atoms with E-state index >= 15 is 0 Å². The molecule has 204 valence electrons. The van der Waals surface area contributed by atoms with Crippen LogP contribution in [0.2, 0.25) is 0 Å². The third kappa shape index (κ3) is 4.23. The van der Waals surface area contributed by atoms with Gasteiger partial charge in [-0.15, -0.1) is 0 Å². The Morgan fingerprint density at radius 3 is 1.91 bits per heavy atom. The van der Waals surface area contributed by atoms with Crippen molar-refractivity contribution in [2.24, 2.45) is 0 Å². The highest BCUT2D eigenvalue weighted by Gasteiger charge is 2.18. The van der Waals surface area contributed by atoms with Gasteiger partial charge in [0.15, 0.2) is 0 Å². The van der Waals surface area contributed by atoms with E-state index in [9.17, 15) is 0 Å². The molecule has 0 spiro atoms. The number of fused-ring (bicyclic) bond motifs is 3. The number of rotatable bonds is 5. The van der Waals surface area contributed by atoms with Gasteiger partial charge in [0.2, 0.25) is 0 Å². The van der Waals surface area contributed by atoms with Crippen molar-refractivity contribution < 1.29 is 6.85 Å². The highest BCUT2D eigenvalue weighted by atomic mass is 15.1. The molecule has 0 bridgehead atoms. The highest BCUT2D eigenvalue weighted by molar-refractivity contribution is 6.22. The van der Waals surface area contributed by atoms with Crippen LogP contribution in [0.4, 0.5) is 0 Å². The van der Waals surface area contributed by atoms with Crippen molar-refractivity contribution in [3.63, 3.8) is 0 Å². The summed E-state index contributed by atoms with van der Waals surface area (Å²) in [5.41, 5.74) is 8.07. The molecule has 0 aliphatic carbocycles. The quantitative estimate of drug-likeness (QED) is 0.193. The first-order valence-corrected chi connectivity index (χ1v) is 14.6. The van der Waals surface area contributed by atoms with Crippen molar-refractivity contribution in [2.75, 3.05) is 0 Å². The van der Waals surface area contributed by atoms with Crippen molar-refractivity contribution in [2.45, 2.75) is 13.3 Å². The Hall–Kier alpha value is -5.47. The maximum atomic E-state index is 8.69. The van der Waals surface area contributed by atoms with Gasteiger partial charge in [-0.05, 0) is 85.3 Å². The van der Waals surface area contributed by atoms with Gasteiger partial charge in [-0.2, -0.15) is 0 Å². The van der Waals surface area contributed by atoms with Gasteiger partial charge in [-0.25, -0.2) is 4.98 Å². The minimum atomic E-state index is -0.397. The molecule has 0 unspecified atom stereocenters. The van der Waals surface area contributed by atoms with Crippen LogP contribution in [0.25, 0.3) is 71.6 Å². The number of aromatic nitrogens is 2. The average Bonchev–Trinajstić information content (AvgIpc) is 3.51. The third-order valence-corrected chi connectivity index (χ3v) is 8.24. The van der Waals surface area contributed by atoms with Gasteiger partial charge in [0.05, 0.1) is 17.9 Å². The highest BCUT2D eigenvalue weighted by Crippen LogP contribution is 2.45. The Kier molecular flexibility index (Phi) is 4.95. The van der Waals surface area contributed by atoms with Crippen LogP contribution in [-0.2, 0) is 6.42 Å². The molecule has 0 amide bonds. The van der Waals surface area contributed by atoms with E-state index in [2.05, 4.69) is 72.2 Å². The van der Waals surface area contributed by atoms with E-state index in [4.69, 9.17) is 11.8 Å². The van der Waals surface area contributed by atoms with E-state index in [1.54, 1.807) is 0 Å². The minimum absolute atomic E-state index is 0.195. The molecule has 7 aromatic carbocycles. The van der Waals surface area contributed by atoms with Gasteiger partial charge in [0.1, 0.15) is 5.82 Å². The van der Waals surface area contributed by atoms with Gasteiger partial charge < -0.3 is 0 Å². The number of para-hydroxylation sites is 2. The number of nitrogens with zero attached hydrogens (tertiary/aromatic N) is 2. The first-order valence-electron chi connectivity index (χ1n) is 17.1. The van der Waals surface area contributed by atoms with Crippen LogP contribution in [0.3, 0.4) is 0 Å². The lowest BCUT2D eigenvalue weighted by molar-refractivity contribution is 0.908. The molecular formula is C41H30N2. The summed E-state index contributed by atoms with van der Waals surface area (Å²) in [7, 11) is 0. The van der Waals surface area contributed by atoms with Crippen LogP contribution >= 0.6 is 0 Å². The Morgan fingerprint density at radius 2 is 1.16 bits per heavy atom. The van der Waals surface area contributed by atoms with Gasteiger partial charge in [0.25, 0.3) is 0 Å². The maximum Gasteiger partial charge on any atom is 0.114 e. The number of benzene rings is 7. The van der Waals surface area contributed by atoms with E-state index in [0.29, 0.717) is 5.56 Å². The molecule has 0 aliphatic heterocycles. The maximum absolute atomic E-state index is 8.69. The zero-order chi connectivity index (χ0) is 33.1. The van der Waals surface area contributed by atoms with Crippen LogP contribution in [0.15, 0.2) is 152 Å². The predicted molar refractivity (Wildman–Crippen MR) is 182 cm³/mol. The Morgan fingerprint density at radius 1 is 0.558 bits per heavy atom. The molecule has 2 heteroatoms. The lowest BCUT2D eigenvalue weighted by Crippen LogP contribution is -2.00. The van der Waals surface area contributed by atoms with E-state index in [-0.39, 0.29) is 29.7 Å². The van der Waals surface area contributed by atoms with E-state index in [1.807, 2.05) is 60.7 Å². The lowest BCUT2D eigenvalue weighted by Gasteiger charge is -2.19. The second-order valence-electron chi connectivity index (χ2n) is 10.7. The molecule has 8 aromatic rings.